The van der Waals surface area contributed by atoms with E-state index in [0.717, 1.165) is 44.7 Å². The normalized spacial score (nSPS) is 20.9. The SMILES string of the molecule is CCOC(=O)N1CCc2cc3c(cc2CC1)OC[C@@H](C)C3. The predicted octanol–water partition coefficient (Wildman–Crippen LogP) is 2.81. The molecule has 2 heterocycles. The first-order valence-corrected chi connectivity index (χ1v) is 7.86. The maximum Gasteiger partial charge on any atom is 0.409 e. The second-order valence-corrected chi connectivity index (χ2v) is 6.03. The zero-order valence-corrected chi connectivity index (χ0v) is 12.9. The van der Waals surface area contributed by atoms with Gasteiger partial charge < -0.3 is 14.4 Å². The summed E-state index contributed by atoms with van der Waals surface area (Å²) in [6.07, 6.45) is 2.67. The predicted molar refractivity (Wildman–Crippen MR) is 80.8 cm³/mol. The van der Waals surface area contributed by atoms with Crippen LogP contribution in [-0.4, -0.2) is 37.3 Å². The topological polar surface area (TPSA) is 38.8 Å². The van der Waals surface area contributed by atoms with Crippen LogP contribution in [0.15, 0.2) is 12.1 Å². The molecule has 1 aromatic rings. The van der Waals surface area contributed by atoms with Crippen molar-refractivity contribution in [3.63, 3.8) is 0 Å². The monoisotopic (exact) mass is 289 g/mol. The van der Waals surface area contributed by atoms with E-state index in [9.17, 15) is 4.79 Å². The lowest BCUT2D eigenvalue weighted by Crippen LogP contribution is -2.33. The highest BCUT2D eigenvalue weighted by Crippen LogP contribution is 2.31. The van der Waals surface area contributed by atoms with Gasteiger partial charge in [-0.25, -0.2) is 4.79 Å². The number of fused-ring (bicyclic) bond motifs is 2. The fourth-order valence-electron chi connectivity index (χ4n) is 3.16. The summed E-state index contributed by atoms with van der Waals surface area (Å²) >= 11 is 0. The second kappa shape index (κ2) is 5.96. The molecule has 1 atom stereocenters. The van der Waals surface area contributed by atoms with E-state index in [-0.39, 0.29) is 6.09 Å². The van der Waals surface area contributed by atoms with E-state index in [0.29, 0.717) is 12.5 Å². The third-order valence-electron chi connectivity index (χ3n) is 4.30. The number of nitrogens with zero attached hydrogens (tertiary/aromatic N) is 1. The summed E-state index contributed by atoms with van der Waals surface area (Å²) in [6.45, 7) is 6.76. The molecule has 0 saturated carbocycles. The Labute approximate surface area is 126 Å². The van der Waals surface area contributed by atoms with Crippen LogP contribution in [0.4, 0.5) is 4.79 Å². The molecular formula is C17H23NO3. The van der Waals surface area contributed by atoms with E-state index in [1.807, 2.05) is 11.8 Å². The molecule has 0 aromatic heterocycles. The van der Waals surface area contributed by atoms with E-state index in [1.165, 1.54) is 16.7 Å². The van der Waals surface area contributed by atoms with Crippen molar-refractivity contribution in [1.29, 1.82) is 0 Å². The Morgan fingerprint density at radius 3 is 2.71 bits per heavy atom. The molecule has 2 aliphatic heterocycles. The van der Waals surface area contributed by atoms with Gasteiger partial charge in [-0.1, -0.05) is 13.0 Å². The minimum absolute atomic E-state index is 0.194. The molecule has 0 radical (unpaired) electrons. The highest BCUT2D eigenvalue weighted by molar-refractivity contribution is 5.67. The van der Waals surface area contributed by atoms with Gasteiger partial charge in [0.1, 0.15) is 5.75 Å². The lowest BCUT2D eigenvalue weighted by molar-refractivity contribution is 0.109. The van der Waals surface area contributed by atoms with Crippen LogP contribution in [0.5, 0.6) is 5.75 Å². The van der Waals surface area contributed by atoms with Crippen LogP contribution >= 0.6 is 0 Å². The number of hydrogen-bond acceptors (Lipinski definition) is 3. The van der Waals surface area contributed by atoms with Crippen molar-refractivity contribution in [2.24, 2.45) is 5.92 Å². The standard InChI is InChI=1S/C17H23NO3/c1-3-20-17(19)18-6-4-13-9-15-8-12(2)11-21-16(15)10-14(13)5-7-18/h9-10,12H,3-8,11H2,1-2H3/t12-/m0/s1. The molecule has 0 saturated heterocycles. The van der Waals surface area contributed by atoms with Gasteiger partial charge in [-0.2, -0.15) is 0 Å². The molecule has 0 spiro atoms. The van der Waals surface area contributed by atoms with E-state index in [1.54, 1.807) is 0 Å². The van der Waals surface area contributed by atoms with Crippen LogP contribution in [0.2, 0.25) is 0 Å². The van der Waals surface area contributed by atoms with Gasteiger partial charge in [0.2, 0.25) is 0 Å². The van der Waals surface area contributed by atoms with Crippen LogP contribution in [0.3, 0.4) is 0 Å². The highest BCUT2D eigenvalue weighted by atomic mass is 16.6. The molecule has 1 amide bonds. The zero-order chi connectivity index (χ0) is 14.8. The molecule has 4 heteroatoms. The Morgan fingerprint density at radius 2 is 2.00 bits per heavy atom. The Kier molecular flexibility index (Phi) is 4.04. The van der Waals surface area contributed by atoms with Crippen molar-refractivity contribution in [2.45, 2.75) is 33.1 Å². The van der Waals surface area contributed by atoms with Gasteiger partial charge in [-0.05, 0) is 54.9 Å². The van der Waals surface area contributed by atoms with Gasteiger partial charge in [0.15, 0.2) is 0 Å². The summed E-state index contributed by atoms with van der Waals surface area (Å²) in [5.74, 6) is 1.62. The number of hydrogen-bond donors (Lipinski definition) is 0. The Morgan fingerprint density at radius 1 is 1.29 bits per heavy atom. The lowest BCUT2D eigenvalue weighted by atomic mass is 9.92. The average Bonchev–Trinajstić information content (AvgIpc) is 2.67. The summed E-state index contributed by atoms with van der Waals surface area (Å²) in [5.41, 5.74) is 3.99. The Balaban J connectivity index is 1.78. The van der Waals surface area contributed by atoms with Crippen LogP contribution in [0.25, 0.3) is 0 Å². The van der Waals surface area contributed by atoms with Crippen LogP contribution < -0.4 is 4.74 Å². The number of ether oxygens (including phenoxy) is 2. The second-order valence-electron chi connectivity index (χ2n) is 6.03. The maximum atomic E-state index is 11.9. The molecule has 2 aliphatic rings. The molecule has 4 nitrogen and oxygen atoms in total. The van der Waals surface area contributed by atoms with E-state index >= 15 is 0 Å². The Hall–Kier alpha value is -1.71. The van der Waals surface area contributed by atoms with Gasteiger partial charge in [0, 0.05) is 13.1 Å². The quantitative estimate of drug-likeness (QED) is 0.798. The number of rotatable bonds is 1. The van der Waals surface area contributed by atoms with E-state index < -0.39 is 0 Å². The molecule has 0 aliphatic carbocycles. The van der Waals surface area contributed by atoms with E-state index in [4.69, 9.17) is 9.47 Å². The number of carbonyl (C=O) groups excluding carboxylic acids is 1. The van der Waals surface area contributed by atoms with Gasteiger partial charge in [-0.3, -0.25) is 0 Å². The number of amides is 1. The van der Waals surface area contributed by atoms with Gasteiger partial charge in [0.05, 0.1) is 13.2 Å². The zero-order valence-electron chi connectivity index (χ0n) is 12.9. The Bertz CT molecular complexity index is 541. The fraction of sp³-hybridized carbons (Fsp3) is 0.588. The third kappa shape index (κ3) is 2.99. The molecule has 21 heavy (non-hydrogen) atoms. The van der Waals surface area contributed by atoms with Gasteiger partial charge in [-0.15, -0.1) is 0 Å². The fourth-order valence-corrected chi connectivity index (χ4v) is 3.16. The molecule has 0 fully saturated rings. The van der Waals surface area contributed by atoms with E-state index in [2.05, 4.69) is 19.1 Å². The first kappa shape index (κ1) is 14.2. The van der Waals surface area contributed by atoms with Gasteiger partial charge in [0.25, 0.3) is 0 Å². The van der Waals surface area contributed by atoms with Crippen molar-refractivity contribution >= 4 is 6.09 Å². The minimum Gasteiger partial charge on any atom is -0.493 e. The average molecular weight is 289 g/mol. The molecule has 1 aromatic carbocycles. The first-order chi connectivity index (χ1) is 10.2. The van der Waals surface area contributed by atoms with Crippen LogP contribution in [-0.2, 0) is 24.0 Å². The molecule has 0 N–H and O–H groups in total. The summed E-state index contributed by atoms with van der Waals surface area (Å²) < 4.78 is 11.0. The van der Waals surface area contributed by atoms with Crippen molar-refractivity contribution in [2.75, 3.05) is 26.3 Å². The number of carbonyl (C=O) groups is 1. The summed E-state index contributed by atoms with van der Waals surface area (Å²) in [5, 5.41) is 0. The molecule has 0 unspecified atom stereocenters. The maximum absolute atomic E-state index is 11.9. The van der Waals surface area contributed by atoms with Crippen LogP contribution in [0.1, 0.15) is 30.5 Å². The number of benzene rings is 1. The summed E-state index contributed by atoms with van der Waals surface area (Å²) in [7, 11) is 0. The van der Waals surface area contributed by atoms with Crippen molar-refractivity contribution in [1.82, 2.24) is 4.90 Å². The third-order valence-corrected chi connectivity index (χ3v) is 4.30. The minimum atomic E-state index is -0.194. The highest BCUT2D eigenvalue weighted by Gasteiger charge is 2.23. The van der Waals surface area contributed by atoms with Gasteiger partial charge >= 0.3 is 6.09 Å². The molecule has 3 rings (SSSR count). The summed E-state index contributed by atoms with van der Waals surface area (Å²) in [4.78, 5) is 13.7. The lowest BCUT2D eigenvalue weighted by Gasteiger charge is -2.24. The van der Waals surface area contributed by atoms with Crippen molar-refractivity contribution < 1.29 is 14.3 Å². The van der Waals surface area contributed by atoms with Crippen molar-refractivity contribution in [3.05, 3.63) is 28.8 Å². The van der Waals surface area contributed by atoms with Crippen LogP contribution in [0, 0.1) is 5.92 Å². The van der Waals surface area contributed by atoms with Crippen molar-refractivity contribution in [3.8, 4) is 5.75 Å². The first-order valence-electron chi connectivity index (χ1n) is 7.86. The smallest absolute Gasteiger partial charge is 0.409 e. The molecular weight excluding hydrogens is 266 g/mol. The largest absolute Gasteiger partial charge is 0.493 e. The molecule has 114 valence electrons. The molecule has 0 bridgehead atoms. The summed E-state index contributed by atoms with van der Waals surface area (Å²) in [6, 6.07) is 4.47.